The fourth-order valence-electron chi connectivity index (χ4n) is 2.01. The summed E-state index contributed by atoms with van der Waals surface area (Å²) in [7, 11) is 1.86. The van der Waals surface area contributed by atoms with E-state index in [1.54, 1.807) is 23.9 Å². The number of aromatic nitrogens is 3. The van der Waals surface area contributed by atoms with Crippen LogP contribution in [0, 0.1) is 13.8 Å². The van der Waals surface area contributed by atoms with Gasteiger partial charge < -0.3 is 13.7 Å². The number of nitrogens with zero attached hydrogens (tertiary/aromatic N) is 3. The molecular formula is C15H15N3O4. The second kappa shape index (κ2) is 5.51. The molecule has 114 valence electrons. The minimum atomic E-state index is -0.230. The molecule has 3 heterocycles. The van der Waals surface area contributed by atoms with Gasteiger partial charge in [0.25, 0.3) is 0 Å². The Labute approximate surface area is 126 Å². The Morgan fingerprint density at radius 1 is 1.32 bits per heavy atom. The van der Waals surface area contributed by atoms with Crippen molar-refractivity contribution in [1.29, 1.82) is 0 Å². The molecule has 7 nitrogen and oxygen atoms in total. The van der Waals surface area contributed by atoms with Gasteiger partial charge in [-0.3, -0.25) is 9.48 Å². The summed E-state index contributed by atoms with van der Waals surface area (Å²) in [6, 6.07) is 3.14. The number of hydrogen-bond donors (Lipinski definition) is 0. The molecule has 0 aromatic carbocycles. The molecular weight excluding hydrogens is 286 g/mol. The highest BCUT2D eigenvalue weighted by Gasteiger charge is 2.13. The van der Waals surface area contributed by atoms with E-state index >= 15 is 0 Å². The van der Waals surface area contributed by atoms with Crippen LogP contribution in [0.25, 0.3) is 11.3 Å². The molecule has 3 aromatic heterocycles. The van der Waals surface area contributed by atoms with Crippen LogP contribution in [0.2, 0.25) is 0 Å². The first kappa shape index (κ1) is 14.1. The minimum absolute atomic E-state index is 0.0974. The summed E-state index contributed by atoms with van der Waals surface area (Å²) in [5.74, 6) is 1.19. The molecule has 22 heavy (non-hydrogen) atoms. The largest absolute Gasteiger partial charge is 0.478 e. The second-order valence-electron chi connectivity index (χ2n) is 4.95. The lowest BCUT2D eigenvalue weighted by atomic mass is 10.2. The molecule has 0 saturated carbocycles. The predicted molar refractivity (Wildman–Crippen MR) is 77.5 cm³/mol. The zero-order valence-electron chi connectivity index (χ0n) is 12.5. The van der Waals surface area contributed by atoms with Gasteiger partial charge in [0.2, 0.25) is 11.2 Å². The first-order valence-electron chi connectivity index (χ1n) is 6.71. The van der Waals surface area contributed by atoms with Crippen molar-refractivity contribution in [3.8, 4) is 17.0 Å². The number of rotatable bonds is 4. The monoisotopic (exact) mass is 301 g/mol. The Kier molecular flexibility index (Phi) is 3.54. The Balaban J connectivity index is 1.75. The maximum Gasteiger partial charge on any atom is 0.226 e. The van der Waals surface area contributed by atoms with E-state index in [-0.39, 0.29) is 17.8 Å². The van der Waals surface area contributed by atoms with Crippen LogP contribution >= 0.6 is 0 Å². The van der Waals surface area contributed by atoms with Crippen molar-refractivity contribution < 1.29 is 13.7 Å². The highest BCUT2D eigenvalue weighted by molar-refractivity contribution is 5.60. The summed E-state index contributed by atoms with van der Waals surface area (Å²) in [6.45, 7) is 3.75. The molecule has 0 bridgehead atoms. The van der Waals surface area contributed by atoms with E-state index in [9.17, 15) is 4.79 Å². The van der Waals surface area contributed by atoms with Gasteiger partial charge in [0.1, 0.15) is 24.3 Å². The molecule has 0 aliphatic carbocycles. The first-order valence-corrected chi connectivity index (χ1v) is 6.71. The normalized spacial score (nSPS) is 10.9. The summed E-state index contributed by atoms with van der Waals surface area (Å²) >= 11 is 0. The van der Waals surface area contributed by atoms with E-state index in [1.807, 2.05) is 14.0 Å². The Morgan fingerprint density at radius 2 is 2.14 bits per heavy atom. The molecule has 0 spiro atoms. The predicted octanol–water partition coefficient (Wildman–Crippen LogP) is 2.22. The van der Waals surface area contributed by atoms with Crippen molar-refractivity contribution in [3.05, 3.63) is 52.0 Å². The molecule has 0 N–H and O–H groups in total. The average molecular weight is 301 g/mol. The van der Waals surface area contributed by atoms with Gasteiger partial charge in [0.05, 0.1) is 6.20 Å². The third-order valence-electron chi connectivity index (χ3n) is 3.37. The van der Waals surface area contributed by atoms with E-state index in [0.717, 1.165) is 11.3 Å². The summed E-state index contributed by atoms with van der Waals surface area (Å²) in [5, 5.41) is 8.16. The van der Waals surface area contributed by atoms with Crippen molar-refractivity contribution in [1.82, 2.24) is 14.9 Å². The summed E-state index contributed by atoms with van der Waals surface area (Å²) in [4.78, 5) is 11.7. The highest BCUT2D eigenvalue weighted by Crippen LogP contribution is 2.22. The Morgan fingerprint density at radius 3 is 2.82 bits per heavy atom. The standard InChI is InChI=1S/C15H15N3O4/c1-9-4-14(19)15(8-20-9)21-7-11-5-13(17-22-11)12-6-16-18(3)10(12)2/h4-6,8H,7H2,1-3H3. The molecule has 0 aliphatic heterocycles. The smallest absolute Gasteiger partial charge is 0.226 e. The number of aryl methyl sites for hydroxylation is 2. The van der Waals surface area contributed by atoms with Crippen LogP contribution in [0.1, 0.15) is 17.2 Å². The van der Waals surface area contributed by atoms with Gasteiger partial charge in [-0.05, 0) is 13.8 Å². The average Bonchev–Trinajstić information content (AvgIpc) is 3.06. The topological polar surface area (TPSA) is 83.3 Å². The molecule has 0 atom stereocenters. The van der Waals surface area contributed by atoms with Gasteiger partial charge in [-0.2, -0.15) is 5.10 Å². The van der Waals surface area contributed by atoms with Crippen LogP contribution in [0.4, 0.5) is 0 Å². The van der Waals surface area contributed by atoms with Crippen LogP contribution in [-0.4, -0.2) is 14.9 Å². The van der Waals surface area contributed by atoms with Gasteiger partial charge in [-0.1, -0.05) is 5.16 Å². The molecule has 0 aliphatic rings. The quantitative estimate of drug-likeness (QED) is 0.734. The summed E-state index contributed by atoms with van der Waals surface area (Å²) in [5.41, 5.74) is 2.33. The SMILES string of the molecule is Cc1cc(=O)c(OCc2cc(-c3cnn(C)c3C)no2)co1. The maximum atomic E-state index is 11.7. The molecule has 0 amide bonds. The van der Waals surface area contributed by atoms with Gasteiger partial charge in [0, 0.05) is 30.4 Å². The third kappa shape index (κ3) is 2.65. The van der Waals surface area contributed by atoms with Gasteiger partial charge in [-0.15, -0.1) is 0 Å². The molecule has 3 aromatic rings. The van der Waals surface area contributed by atoms with Gasteiger partial charge >= 0.3 is 0 Å². The van der Waals surface area contributed by atoms with E-state index in [0.29, 0.717) is 17.2 Å². The van der Waals surface area contributed by atoms with Crippen LogP contribution in [0.3, 0.4) is 0 Å². The van der Waals surface area contributed by atoms with E-state index < -0.39 is 0 Å². The fraction of sp³-hybridized carbons (Fsp3) is 0.267. The van der Waals surface area contributed by atoms with Crippen LogP contribution in [0.5, 0.6) is 5.75 Å². The van der Waals surface area contributed by atoms with Crippen molar-refractivity contribution in [2.75, 3.05) is 0 Å². The lowest BCUT2D eigenvalue weighted by Gasteiger charge is -2.01. The first-order chi connectivity index (χ1) is 10.5. The van der Waals surface area contributed by atoms with E-state index in [1.165, 1.54) is 12.3 Å². The minimum Gasteiger partial charge on any atom is -0.478 e. The van der Waals surface area contributed by atoms with Crippen LogP contribution < -0.4 is 10.2 Å². The fourth-order valence-corrected chi connectivity index (χ4v) is 2.01. The molecule has 0 unspecified atom stereocenters. The van der Waals surface area contributed by atoms with Gasteiger partial charge in [0.15, 0.2) is 5.76 Å². The van der Waals surface area contributed by atoms with Crippen LogP contribution in [0.15, 0.2) is 38.3 Å². The lowest BCUT2D eigenvalue weighted by Crippen LogP contribution is -2.06. The zero-order valence-corrected chi connectivity index (χ0v) is 12.5. The van der Waals surface area contributed by atoms with Crippen molar-refractivity contribution in [3.63, 3.8) is 0 Å². The number of hydrogen-bond acceptors (Lipinski definition) is 6. The van der Waals surface area contributed by atoms with Crippen molar-refractivity contribution in [2.45, 2.75) is 20.5 Å². The second-order valence-corrected chi connectivity index (χ2v) is 4.95. The Bertz CT molecular complexity index is 860. The van der Waals surface area contributed by atoms with Crippen molar-refractivity contribution >= 4 is 0 Å². The number of ether oxygens (including phenoxy) is 1. The van der Waals surface area contributed by atoms with Gasteiger partial charge in [-0.25, -0.2) is 0 Å². The highest BCUT2D eigenvalue weighted by atomic mass is 16.5. The zero-order chi connectivity index (χ0) is 15.7. The van der Waals surface area contributed by atoms with E-state index in [4.69, 9.17) is 13.7 Å². The van der Waals surface area contributed by atoms with Crippen LogP contribution in [-0.2, 0) is 13.7 Å². The molecule has 3 rings (SSSR count). The molecule has 0 saturated heterocycles. The lowest BCUT2D eigenvalue weighted by molar-refractivity contribution is 0.241. The van der Waals surface area contributed by atoms with E-state index in [2.05, 4.69) is 10.3 Å². The summed E-state index contributed by atoms with van der Waals surface area (Å²) < 4.78 is 17.5. The summed E-state index contributed by atoms with van der Waals surface area (Å²) in [6.07, 6.45) is 3.02. The maximum absolute atomic E-state index is 11.7. The molecule has 0 radical (unpaired) electrons. The van der Waals surface area contributed by atoms with Crippen molar-refractivity contribution in [2.24, 2.45) is 7.05 Å². The Hall–Kier alpha value is -2.83. The molecule has 0 fully saturated rings. The molecule has 7 heteroatoms. The third-order valence-corrected chi connectivity index (χ3v) is 3.37.